The third kappa shape index (κ3) is 9.25. The number of hydrogen-bond acceptors (Lipinski definition) is 8. The average molecular weight is 632 g/mol. The fourth-order valence-corrected chi connectivity index (χ4v) is 7.32. The first kappa shape index (κ1) is 36.4. The molecule has 0 spiro atoms. The number of nitrogens with one attached hydrogen (secondary N) is 2. The van der Waals surface area contributed by atoms with E-state index in [4.69, 9.17) is 4.74 Å². The summed E-state index contributed by atoms with van der Waals surface area (Å²) in [6.45, 7) is 16.9. The van der Waals surface area contributed by atoms with E-state index in [1.165, 1.54) is 11.0 Å². The highest BCUT2D eigenvalue weighted by Gasteiger charge is 2.74. The van der Waals surface area contributed by atoms with Gasteiger partial charge in [-0.1, -0.05) is 52.2 Å². The van der Waals surface area contributed by atoms with Crippen LogP contribution in [0.1, 0.15) is 98.8 Å². The van der Waals surface area contributed by atoms with Crippen molar-refractivity contribution in [3.63, 3.8) is 0 Å². The van der Waals surface area contributed by atoms with Crippen LogP contribution in [0.2, 0.25) is 0 Å². The fraction of sp³-hybridized carbons (Fsp3) is 0.735. The van der Waals surface area contributed by atoms with E-state index in [1.807, 2.05) is 34.6 Å². The summed E-state index contributed by atoms with van der Waals surface area (Å²) in [7, 11) is 0. The lowest BCUT2D eigenvalue weighted by atomic mass is 9.83. The number of allylic oxidation sites excluding steroid dienone is 2. The molecular weight excluding hydrogens is 578 g/mol. The van der Waals surface area contributed by atoms with Gasteiger partial charge in [0.1, 0.15) is 17.7 Å². The molecule has 45 heavy (non-hydrogen) atoms. The Hall–Kier alpha value is -3.05. The highest BCUT2D eigenvalue weighted by Crippen LogP contribution is 2.57. The van der Waals surface area contributed by atoms with Gasteiger partial charge in [0, 0.05) is 18.9 Å². The predicted molar refractivity (Wildman–Crippen MR) is 169 cm³/mol. The summed E-state index contributed by atoms with van der Waals surface area (Å²) in [5.41, 5.74) is -0.911. The van der Waals surface area contributed by atoms with Crippen LogP contribution in [0.5, 0.6) is 0 Å². The Bertz CT molecular complexity index is 1150. The number of carbonyl (C=O) groups is 5. The Morgan fingerprint density at radius 1 is 0.978 bits per heavy atom. The highest BCUT2D eigenvalue weighted by atomic mass is 16.6. The van der Waals surface area contributed by atoms with E-state index in [9.17, 15) is 34.2 Å². The Labute approximate surface area is 267 Å². The molecule has 3 rings (SSSR count). The summed E-state index contributed by atoms with van der Waals surface area (Å²) in [5, 5.41) is 26.6. The van der Waals surface area contributed by atoms with Gasteiger partial charge in [0.2, 0.25) is 23.4 Å². The zero-order valence-corrected chi connectivity index (χ0v) is 27.6. The van der Waals surface area contributed by atoms with Crippen molar-refractivity contribution in [2.24, 2.45) is 23.2 Å². The summed E-state index contributed by atoms with van der Waals surface area (Å²) in [6, 6.07) is -3.45. The third-order valence-corrected chi connectivity index (χ3v) is 9.11. The van der Waals surface area contributed by atoms with Gasteiger partial charge in [0.05, 0.1) is 12.0 Å². The van der Waals surface area contributed by atoms with Crippen LogP contribution in [0.15, 0.2) is 25.3 Å². The van der Waals surface area contributed by atoms with Crippen LogP contribution < -0.4 is 10.6 Å². The van der Waals surface area contributed by atoms with E-state index in [1.54, 1.807) is 6.08 Å². The topological polar surface area (TPSA) is 162 Å². The van der Waals surface area contributed by atoms with Gasteiger partial charge in [0.25, 0.3) is 0 Å². The Morgan fingerprint density at radius 2 is 1.60 bits per heavy atom. The van der Waals surface area contributed by atoms with Gasteiger partial charge < -0.3 is 30.5 Å². The molecule has 1 heterocycles. The molecule has 252 valence electrons. The van der Waals surface area contributed by atoms with Crippen molar-refractivity contribution in [3.05, 3.63) is 25.3 Å². The number of ether oxygens (including phenoxy) is 1. The van der Waals surface area contributed by atoms with Crippen molar-refractivity contribution < 1.29 is 38.9 Å². The number of carbonyl (C=O) groups excluding carboxylic acids is 5. The molecule has 2 aliphatic carbocycles. The van der Waals surface area contributed by atoms with Crippen molar-refractivity contribution in [2.75, 3.05) is 6.54 Å². The van der Waals surface area contributed by atoms with Gasteiger partial charge in [-0.05, 0) is 63.7 Å². The van der Waals surface area contributed by atoms with Gasteiger partial charge >= 0.3 is 6.09 Å². The predicted octanol–water partition coefficient (Wildman–Crippen LogP) is 3.57. The van der Waals surface area contributed by atoms with Crippen LogP contribution in [-0.2, 0) is 23.9 Å². The molecular formula is C34H53N3O8. The molecule has 5 atom stereocenters. The van der Waals surface area contributed by atoms with Crippen molar-refractivity contribution >= 4 is 29.5 Å². The molecule has 11 nitrogen and oxygen atoms in total. The van der Waals surface area contributed by atoms with Crippen LogP contribution >= 0.6 is 0 Å². The Morgan fingerprint density at radius 3 is 2.18 bits per heavy atom. The first-order chi connectivity index (χ1) is 20.9. The minimum Gasteiger partial charge on any atom is -0.444 e. The summed E-state index contributed by atoms with van der Waals surface area (Å²) in [4.78, 5) is 68.1. The Kier molecular flexibility index (Phi) is 11.8. The summed E-state index contributed by atoms with van der Waals surface area (Å²) in [6.07, 6.45) is 7.87. The molecule has 3 fully saturated rings. The van der Waals surface area contributed by atoms with Gasteiger partial charge in [-0.3, -0.25) is 19.2 Å². The molecule has 4 N–H and O–H groups in total. The quantitative estimate of drug-likeness (QED) is 0.121. The smallest absolute Gasteiger partial charge is 0.408 e. The highest BCUT2D eigenvalue weighted by molar-refractivity contribution is 6.39. The molecule has 3 aliphatic rings. The zero-order chi connectivity index (χ0) is 33.7. The average Bonchev–Trinajstić information content (AvgIpc) is 3.27. The van der Waals surface area contributed by atoms with E-state index in [2.05, 4.69) is 23.8 Å². The number of alkyl carbamates (subject to hydrolysis) is 1. The summed E-state index contributed by atoms with van der Waals surface area (Å²) < 4.78 is 5.79. The number of ketones is 2. The van der Waals surface area contributed by atoms with Gasteiger partial charge in [-0.15, -0.1) is 13.2 Å². The number of piperidine rings is 1. The summed E-state index contributed by atoms with van der Waals surface area (Å²) in [5.74, 6) is -6.76. The number of Topliss-reactive ketones (excluding diaryl/α,β-unsaturated/α-hetero) is 2. The molecule has 0 bridgehead atoms. The molecule has 0 radical (unpaired) electrons. The van der Waals surface area contributed by atoms with E-state index in [0.717, 1.165) is 19.3 Å². The molecule has 1 saturated heterocycles. The van der Waals surface area contributed by atoms with E-state index in [-0.39, 0.29) is 30.7 Å². The number of aliphatic hydroxyl groups is 2. The molecule has 0 aromatic heterocycles. The molecule has 2 saturated carbocycles. The molecule has 0 aromatic carbocycles. The molecule has 2 unspecified atom stereocenters. The van der Waals surface area contributed by atoms with Crippen LogP contribution in [-0.4, -0.2) is 80.6 Å². The van der Waals surface area contributed by atoms with E-state index < -0.39 is 70.8 Å². The van der Waals surface area contributed by atoms with Crippen LogP contribution in [0, 0.1) is 23.2 Å². The second-order valence-electron chi connectivity index (χ2n) is 14.8. The van der Waals surface area contributed by atoms with Crippen LogP contribution in [0.3, 0.4) is 0 Å². The maximum absolute atomic E-state index is 14.3. The first-order valence-electron chi connectivity index (χ1n) is 16.3. The SMILES string of the molecule is C=CCCC(=O)C(=O)[C@@H](CCC=C)NC(=O)[C@@H]1C2C(CN1C(=O)[C@@H](NC(=O)OC(C)(C)CC(C)(C)C)C1CCCCC1)C2(O)O. The van der Waals surface area contributed by atoms with Crippen molar-refractivity contribution in [1.82, 2.24) is 15.5 Å². The largest absolute Gasteiger partial charge is 0.444 e. The second kappa shape index (κ2) is 14.6. The fourth-order valence-electron chi connectivity index (χ4n) is 7.32. The minimum atomic E-state index is -2.15. The number of fused-ring (bicyclic) bond motifs is 1. The normalized spacial score (nSPS) is 24.1. The number of rotatable bonds is 15. The maximum Gasteiger partial charge on any atom is 0.408 e. The van der Waals surface area contributed by atoms with Crippen molar-refractivity contribution in [1.29, 1.82) is 0 Å². The Balaban J connectivity index is 1.85. The standard InChI is InChI=1S/C34H53N3O8/c1-8-10-17-23(28(39)24(38)18-11-9-2)35-29(40)27-25-22(34(25,43)44)19-37(27)30(41)26(21-15-13-12-14-16-21)36-31(42)45-33(6,7)20-32(3,4)5/h8-9,21-23,25-27,43-44H,1-2,10-20H2,3-7H3,(H,35,40)(H,36,42)/t22?,23-,25?,26+,27+/m1/s1. The first-order valence-corrected chi connectivity index (χ1v) is 16.3. The molecule has 0 aromatic rings. The van der Waals surface area contributed by atoms with E-state index >= 15 is 0 Å². The van der Waals surface area contributed by atoms with Crippen molar-refractivity contribution in [3.8, 4) is 0 Å². The number of hydrogen-bond donors (Lipinski definition) is 4. The third-order valence-electron chi connectivity index (χ3n) is 9.11. The van der Waals surface area contributed by atoms with Gasteiger partial charge in [0.15, 0.2) is 5.79 Å². The van der Waals surface area contributed by atoms with Crippen LogP contribution in [0.25, 0.3) is 0 Å². The number of nitrogens with zero attached hydrogens (tertiary/aromatic N) is 1. The van der Waals surface area contributed by atoms with Crippen molar-refractivity contribution in [2.45, 2.75) is 128 Å². The zero-order valence-electron chi connectivity index (χ0n) is 27.6. The summed E-state index contributed by atoms with van der Waals surface area (Å²) >= 11 is 0. The monoisotopic (exact) mass is 631 g/mol. The van der Waals surface area contributed by atoms with Crippen LogP contribution in [0.4, 0.5) is 4.79 Å². The minimum absolute atomic E-state index is 0.0463. The second-order valence-corrected chi connectivity index (χ2v) is 14.8. The number of likely N-dealkylation sites (tertiary alicyclic amines) is 1. The lowest BCUT2D eigenvalue weighted by molar-refractivity contribution is -0.154. The lowest BCUT2D eigenvalue weighted by Crippen LogP contribution is -2.60. The van der Waals surface area contributed by atoms with E-state index in [0.29, 0.717) is 32.1 Å². The van der Waals surface area contributed by atoms with Gasteiger partial charge in [-0.2, -0.15) is 0 Å². The maximum atomic E-state index is 14.3. The molecule has 11 heteroatoms. The number of amides is 3. The molecule has 1 aliphatic heterocycles. The van der Waals surface area contributed by atoms with Gasteiger partial charge in [-0.25, -0.2) is 4.79 Å². The lowest BCUT2D eigenvalue weighted by Gasteiger charge is -2.37. The molecule has 3 amide bonds.